The summed E-state index contributed by atoms with van der Waals surface area (Å²) in [5, 5.41) is 3.10. The van der Waals surface area contributed by atoms with E-state index in [1.54, 1.807) is 0 Å². The van der Waals surface area contributed by atoms with Gasteiger partial charge in [-0.3, -0.25) is 0 Å². The summed E-state index contributed by atoms with van der Waals surface area (Å²) >= 11 is 0. The van der Waals surface area contributed by atoms with Crippen molar-refractivity contribution in [1.29, 1.82) is 0 Å². The molecule has 1 N–H and O–H groups in total. The number of nitrogens with one attached hydrogen (secondary N) is 1. The maximum Gasteiger partial charge on any atom is 0.0581 e. The van der Waals surface area contributed by atoms with E-state index in [0.717, 1.165) is 11.4 Å². The van der Waals surface area contributed by atoms with Crippen LogP contribution in [0.3, 0.4) is 0 Å². The predicted octanol–water partition coefficient (Wildman–Crippen LogP) is 2.05. The summed E-state index contributed by atoms with van der Waals surface area (Å²) in [4.78, 5) is 12.8. The third-order valence-electron chi connectivity index (χ3n) is 2.62. The van der Waals surface area contributed by atoms with Gasteiger partial charge in [0.2, 0.25) is 0 Å². The minimum Gasteiger partial charge on any atom is -0.540 e. The maximum absolute atomic E-state index is 10.9. The van der Waals surface area contributed by atoms with Gasteiger partial charge in [-0.05, 0) is 12.1 Å². The van der Waals surface area contributed by atoms with Crippen LogP contribution >= 0.6 is 0 Å². The van der Waals surface area contributed by atoms with Gasteiger partial charge < -0.3 is 15.0 Å². The fourth-order valence-corrected chi connectivity index (χ4v) is 1.35. The summed E-state index contributed by atoms with van der Waals surface area (Å²) in [6.45, 7) is 3.68. The van der Waals surface area contributed by atoms with Gasteiger partial charge >= 0.3 is 0 Å². The monoisotopic (exact) mass is 294 g/mol. The average molecular weight is 294 g/mol. The first kappa shape index (κ1) is 15.6. The zero-order chi connectivity index (χ0) is 11.5. The molecule has 0 aliphatic carbocycles. The van der Waals surface area contributed by atoms with E-state index >= 15 is 0 Å². The summed E-state index contributed by atoms with van der Waals surface area (Å²) in [5.41, 5.74) is 1.38. The topological polar surface area (TPSA) is 32.3 Å². The van der Waals surface area contributed by atoms with Gasteiger partial charge in [-0.1, -0.05) is 31.5 Å². The smallest absolute Gasteiger partial charge is 0.0581 e. The molecule has 1 radical (unpaired) electrons. The van der Waals surface area contributed by atoms with Crippen molar-refractivity contribution in [1.82, 2.24) is 0 Å². The van der Waals surface area contributed by atoms with Gasteiger partial charge in [-0.15, -0.1) is 0 Å². The van der Waals surface area contributed by atoms with Gasteiger partial charge in [0.1, 0.15) is 0 Å². The molecular weight excluding hydrogens is 277 g/mol. The second kappa shape index (κ2) is 6.36. The van der Waals surface area contributed by atoms with Crippen LogP contribution in [0.5, 0.6) is 0 Å². The molecule has 0 atom stereocenters. The third-order valence-corrected chi connectivity index (χ3v) is 2.62. The zero-order valence-corrected chi connectivity index (χ0v) is 13.1. The Hall–Kier alpha value is -0.406. The van der Waals surface area contributed by atoms with Crippen LogP contribution in [-0.4, -0.2) is 25.9 Å². The van der Waals surface area contributed by atoms with Crippen LogP contribution in [0.1, 0.15) is 13.8 Å². The van der Waals surface area contributed by atoms with Gasteiger partial charge in [0.25, 0.3) is 0 Å². The Morgan fingerprint density at radius 1 is 1.31 bits per heavy atom. The molecular formula is C12H17N2OY-. The van der Waals surface area contributed by atoms with Gasteiger partial charge in [0, 0.05) is 46.8 Å². The fourth-order valence-electron chi connectivity index (χ4n) is 1.35. The van der Waals surface area contributed by atoms with Crippen LogP contribution in [0.15, 0.2) is 24.3 Å². The van der Waals surface area contributed by atoms with Crippen LogP contribution in [0, 0.1) is 0 Å². The van der Waals surface area contributed by atoms with Crippen molar-refractivity contribution in [3.8, 4) is 0 Å². The fraction of sp³-hybridized carbons (Fsp3) is 0.417. The molecule has 1 aromatic rings. The molecule has 0 unspecified atom stereocenters. The number of anilines is 2. The van der Waals surface area contributed by atoms with Crippen LogP contribution in [-0.2, 0) is 37.5 Å². The normalized spacial score (nSPS) is 10.2. The minimum atomic E-state index is -0.618. The Labute approximate surface area is 122 Å². The molecule has 0 amide bonds. The molecule has 4 heteroatoms. The molecule has 0 heterocycles. The van der Waals surface area contributed by atoms with E-state index in [1.165, 1.54) is 0 Å². The first-order chi connectivity index (χ1) is 7.03. The molecule has 0 fully saturated rings. The van der Waals surface area contributed by atoms with E-state index < -0.39 is 5.54 Å². The molecule has 85 valence electrons. The number of likely N-dealkylation sites (N-methyl/N-ethyl adjacent to an activating group) is 1. The van der Waals surface area contributed by atoms with Gasteiger partial charge in [0.05, 0.1) is 11.4 Å². The number of nitrogens with zero attached hydrogens (tertiary/aromatic N) is 1. The van der Waals surface area contributed by atoms with Crippen LogP contribution in [0.25, 0.3) is 0 Å². The molecule has 0 saturated heterocycles. The van der Waals surface area contributed by atoms with E-state index in [-0.39, 0.29) is 32.7 Å². The first-order valence-electron chi connectivity index (χ1n) is 4.93. The SMILES string of the molecule is CNc1ccccc1N(C)C(C)(C)[C-]=O.[Y]. The van der Waals surface area contributed by atoms with E-state index in [0.29, 0.717) is 0 Å². The van der Waals surface area contributed by atoms with Crippen molar-refractivity contribution >= 4 is 17.7 Å². The van der Waals surface area contributed by atoms with Gasteiger partial charge in [-0.2, -0.15) is 0 Å². The molecule has 1 aromatic carbocycles. The summed E-state index contributed by atoms with van der Waals surface area (Å²) < 4.78 is 0. The van der Waals surface area contributed by atoms with Crippen molar-refractivity contribution in [2.45, 2.75) is 19.4 Å². The van der Waals surface area contributed by atoms with Crippen LogP contribution in [0.2, 0.25) is 0 Å². The molecule has 0 bridgehead atoms. The van der Waals surface area contributed by atoms with Crippen molar-refractivity contribution in [2.24, 2.45) is 0 Å². The summed E-state index contributed by atoms with van der Waals surface area (Å²) in [6, 6.07) is 7.87. The molecule has 0 saturated carbocycles. The van der Waals surface area contributed by atoms with Crippen molar-refractivity contribution in [3.63, 3.8) is 0 Å². The number of carbonyl (C=O) groups excluding carboxylic acids is 1. The van der Waals surface area contributed by atoms with Crippen molar-refractivity contribution in [3.05, 3.63) is 24.3 Å². The van der Waals surface area contributed by atoms with Gasteiger partial charge in [0.15, 0.2) is 0 Å². The van der Waals surface area contributed by atoms with Crippen LogP contribution in [0.4, 0.5) is 11.4 Å². The Bertz CT molecular complexity index is 353. The second-order valence-corrected chi connectivity index (χ2v) is 3.99. The Morgan fingerprint density at radius 2 is 1.88 bits per heavy atom. The molecule has 0 aliphatic rings. The number of hydrogen-bond acceptors (Lipinski definition) is 3. The second-order valence-electron chi connectivity index (χ2n) is 3.99. The van der Waals surface area contributed by atoms with Crippen molar-refractivity contribution < 1.29 is 37.5 Å². The summed E-state index contributed by atoms with van der Waals surface area (Å²) in [7, 11) is 3.76. The molecule has 1 rings (SSSR count). The first-order valence-corrected chi connectivity index (χ1v) is 4.93. The van der Waals surface area contributed by atoms with E-state index in [4.69, 9.17) is 0 Å². The standard InChI is InChI=1S/C12H17N2O.Y/c1-12(2,9-15)14(4)11-8-6-5-7-10(11)13-3;/h5-8,13H,1-4H3;/q-1;. The average Bonchev–Trinajstić information content (AvgIpc) is 2.28. The minimum absolute atomic E-state index is 0. The summed E-state index contributed by atoms with van der Waals surface area (Å²) in [5.74, 6) is 0. The molecule has 0 spiro atoms. The largest absolute Gasteiger partial charge is 0.540 e. The van der Waals surface area contributed by atoms with E-state index in [9.17, 15) is 4.79 Å². The Kier molecular flexibility index (Phi) is 6.20. The quantitative estimate of drug-likeness (QED) is 0.863. The molecule has 0 aliphatic heterocycles. The zero-order valence-electron chi connectivity index (χ0n) is 10.2. The molecule has 0 aromatic heterocycles. The summed E-state index contributed by atoms with van der Waals surface area (Å²) in [6.07, 6.45) is 2.04. The van der Waals surface area contributed by atoms with Gasteiger partial charge in [-0.25, -0.2) is 6.29 Å². The van der Waals surface area contributed by atoms with E-state index in [2.05, 4.69) is 5.32 Å². The Morgan fingerprint density at radius 3 is 2.38 bits per heavy atom. The number of rotatable bonds is 4. The number of para-hydroxylation sites is 2. The predicted molar refractivity (Wildman–Crippen MR) is 64.2 cm³/mol. The molecule has 3 nitrogen and oxygen atoms in total. The third kappa shape index (κ3) is 3.29. The number of benzene rings is 1. The number of hydrogen-bond donors (Lipinski definition) is 1. The molecule has 16 heavy (non-hydrogen) atoms. The van der Waals surface area contributed by atoms with Crippen molar-refractivity contribution in [2.75, 3.05) is 24.3 Å². The van der Waals surface area contributed by atoms with E-state index in [1.807, 2.05) is 63.4 Å². The van der Waals surface area contributed by atoms with Crippen LogP contribution < -0.4 is 10.2 Å². The maximum atomic E-state index is 10.9. The Balaban J connectivity index is 0.00000225.